The number of hydrogen-bond acceptors (Lipinski definition) is 3. The van der Waals surface area contributed by atoms with E-state index in [2.05, 4.69) is 16.7 Å². The van der Waals surface area contributed by atoms with Gasteiger partial charge in [0.2, 0.25) is 0 Å². The van der Waals surface area contributed by atoms with Crippen LogP contribution in [0.2, 0.25) is 0 Å². The van der Waals surface area contributed by atoms with Crippen molar-refractivity contribution in [1.29, 1.82) is 0 Å². The van der Waals surface area contributed by atoms with Gasteiger partial charge in [-0.05, 0) is 38.3 Å². The molecule has 2 amide bonds. The van der Waals surface area contributed by atoms with E-state index in [0.717, 1.165) is 29.5 Å². The second kappa shape index (κ2) is 7.15. The number of nitrogens with zero attached hydrogens (tertiary/aromatic N) is 1. The van der Waals surface area contributed by atoms with E-state index in [9.17, 15) is 14.4 Å². The fraction of sp³-hybridized carbons (Fsp3) is 0.350. The zero-order valence-corrected chi connectivity index (χ0v) is 15.3. The summed E-state index contributed by atoms with van der Waals surface area (Å²) < 4.78 is 1.43. The Labute approximate surface area is 152 Å². The summed E-state index contributed by atoms with van der Waals surface area (Å²) in [6, 6.07) is 7.62. The van der Waals surface area contributed by atoms with Crippen molar-refractivity contribution < 1.29 is 9.59 Å². The third-order valence-electron chi connectivity index (χ3n) is 4.37. The van der Waals surface area contributed by atoms with Crippen LogP contribution in [-0.2, 0) is 6.54 Å². The average molecular weight is 353 g/mol. The predicted octanol–water partition coefficient (Wildman–Crippen LogP) is 1.77. The van der Waals surface area contributed by atoms with E-state index in [1.165, 1.54) is 23.9 Å². The highest BCUT2D eigenvalue weighted by molar-refractivity contribution is 5.99. The molecule has 1 aliphatic rings. The van der Waals surface area contributed by atoms with E-state index in [0.29, 0.717) is 12.1 Å². The van der Waals surface area contributed by atoms with Crippen molar-refractivity contribution in [3.63, 3.8) is 0 Å². The number of benzene rings is 1. The van der Waals surface area contributed by atoms with Gasteiger partial charge in [0.15, 0.2) is 0 Å². The zero-order valence-electron chi connectivity index (χ0n) is 15.3. The lowest BCUT2D eigenvalue weighted by atomic mass is 10.1. The SMILES string of the molecule is CNC(=O)c1cc(C(=O)NC2CC2)cn(Cc2cc(C)cc(C)c2)c1=O. The molecule has 1 saturated carbocycles. The molecule has 0 aliphatic heterocycles. The topological polar surface area (TPSA) is 80.2 Å². The van der Waals surface area contributed by atoms with Crippen molar-refractivity contribution in [2.75, 3.05) is 7.05 Å². The molecule has 1 heterocycles. The van der Waals surface area contributed by atoms with Crippen LogP contribution in [0.15, 0.2) is 35.3 Å². The normalized spacial score (nSPS) is 13.3. The fourth-order valence-corrected chi connectivity index (χ4v) is 3.03. The molecule has 1 fully saturated rings. The Morgan fingerprint density at radius 2 is 1.73 bits per heavy atom. The number of rotatable bonds is 5. The van der Waals surface area contributed by atoms with Crippen molar-refractivity contribution >= 4 is 11.8 Å². The lowest BCUT2D eigenvalue weighted by Crippen LogP contribution is -2.34. The first-order valence-corrected chi connectivity index (χ1v) is 8.72. The molecule has 0 bridgehead atoms. The Morgan fingerprint density at radius 1 is 1.08 bits per heavy atom. The second-order valence-corrected chi connectivity index (χ2v) is 6.90. The lowest BCUT2D eigenvalue weighted by molar-refractivity contribution is 0.0950. The second-order valence-electron chi connectivity index (χ2n) is 6.90. The summed E-state index contributed by atoms with van der Waals surface area (Å²) in [6.07, 6.45) is 3.47. The van der Waals surface area contributed by atoms with Gasteiger partial charge >= 0.3 is 0 Å². The van der Waals surface area contributed by atoms with Gasteiger partial charge in [0, 0.05) is 19.3 Å². The molecule has 1 aliphatic carbocycles. The van der Waals surface area contributed by atoms with Gasteiger partial charge < -0.3 is 15.2 Å². The molecule has 2 N–H and O–H groups in total. The van der Waals surface area contributed by atoms with Gasteiger partial charge in [0.05, 0.1) is 12.1 Å². The summed E-state index contributed by atoms with van der Waals surface area (Å²) in [5, 5.41) is 5.36. The first-order chi connectivity index (χ1) is 12.4. The molecule has 3 rings (SSSR count). The molecule has 26 heavy (non-hydrogen) atoms. The van der Waals surface area contributed by atoms with Crippen LogP contribution in [0, 0.1) is 13.8 Å². The highest BCUT2D eigenvalue weighted by Gasteiger charge is 2.25. The number of pyridine rings is 1. The van der Waals surface area contributed by atoms with E-state index in [1.54, 1.807) is 0 Å². The fourth-order valence-electron chi connectivity index (χ4n) is 3.03. The molecule has 0 atom stereocenters. The van der Waals surface area contributed by atoms with Crippen molar-refractivity contribution in [1.82, 2.24) is 15.2 Å². The maximum Gasteiger partial charge on any atom is 0.263 e. The van der Waals surface area contributed by atoms with Crippen LogP contribution >= 0.6 is 0 Å². The van der Waals surface area contributed by atoms with Gasteiger partial charge in [-0.3, -0.25) is 14.4 Å². The molecule has 0 saturated heterocycles. The van der Waals surface area contributed by atoms with Gasteiger partial charge in [-0.2, -0.15) is 0 Å². The first-order valence-electron chi connectivity index (χ1n) is 8.72. The Kier molecular flexibility index (Phi) is 4.93. The Bertz CT molecular complexity index is 906. The predicted molar refractivity (Wildman–Crippen MR) is 99.6 cm³/mol. The van der Waals surface area contributed by atoms with Crippen LogP contribution in [0.25, 0.3) is 0 Å². The number of hydrogen-bond donors (Lipinski definition) is 2. The van der Waals surface area contributed by atoms with Gasteiger partial charge in [-0.25, -0.2) is 0 Å². The van der Waals surface area contributed by atoms with E-state index in [1.807, 2.05) is 26.0 Å². The van der Waals surface area contributed by atoms with Crippen LogP contribution in [0.3, 0.4) is 0 Å². The molecule has 6 heteroatoms. The molecule has 1 aromatic heterocycles. The molecule has 2 aromatic rings. The summed E-state index contributed by atoms with van der Waals surface area (Å²) in [5.41, 5.74) is 3.03. The maximum atomic E-state index is 12.7. The van der Waals surface area contributed by atoms with Crippen LogP contribution in [-0.4, -0.2) is 29.5 Å². The monoisotopic (exact) mass is 353 g/mol. The minimum Gasteiger partial charge on any atom is -0.355 e. The highest BCUT2D eigenvalue weighted by atomic mass is 16.2. The zero-order chi connectivity index (χ0) is 18.8. The highest BCUT2D eigenvalue weighted by Crippen LogP contribution is 2.19. The number of amides is 2. The molecular formula is C20H23N3O3. The Balaban J connectivity index is 2.02. The van der Waals surface area contributed by atoms with Crippen molar-refractivity contribution in [3.05, 3.63) is 68.6 Å². The molecule has 136 valence electrons. The molecule has 0 radical (unpaired) electrons. The largest absolute Gasteiger partial charge is 0.355 e. The third kappa shape index (κ3) is 4.02. The van der Waals surface area contributed by atoms with Crippen LogP contribution in [0.1, 0.15) is 50.2 Å². The van der Waals surface area contributed by atoms with E-state index in [4.69, 9.17) is 0 Å². The molecule has 1 aromatic carbocycles. The standard InChI is InChI=1S/C20H23N3O3/c1-12-6-13(2)8-14(7-12)10-23-11-15(18(24)22-16-4-5-16)9-17(20(23)26)19(25)21-3/h6-9,11,16H,4-5,10H2,1-3H3,(H,21,25)(H,22,24). The number of aryl methyl sites for hydroxylation is 2. The van der Waals surface area contributed by atoms with Crippen molar-refractivity contribution in [3.8, 4) is 0 Å². The Hall–Kier alpha value is -2.89. The molecule has 6 nitrogen and oxygen atoms in total. The molecular weight excluding hydrogens is 330 g/mol. The van der Waals surface area contributed by atoms with Gasteiger partial charge in [-0.15, -0.1) is 0 Å². The van der Waals surface area contributed by atoms with Gasteiger partial charge in [0.25, 0.3) is 17.4 Å². The molecule has 0 spiro atoms. The quantitative estimate of drug-likeness (QED) is 0.860. The summed E-state index contributed by atoms with van der Waals surface area (Å²) in [7, 11) is 1.47. The van der Waals surface area contributed by atoms with Gasteiger partial charge in [0.1, 0.15) is 5.56 Å². The number of carbonyl (C=O) groups is 2. The average Bonchev–Trinajstić information content (AvgIpc) is 3.39. The Morgan fingerprint density at radius 3 is 2.31 bits per heavy atom. The number of nitrogens with one attached hydrogen (secondary N) is 2. The summed E-state index contributed by atoms with van der Waals surface area (Å²) in [5.74, 6) is -0.753. The van der Waals surface area contributed by atoms with E-state index >= 15 is 0 Å². The lowest BCUT2D eigenvalue weighted by Gasteiger charge is -2.12. The first kappa shape index (κ1) is 17.9. The van der Waals surface area contributed by atoms with Crippen LogP contribution < -0.4 is 16.2 Å². The van der Waals surface area contributed by atoms with Crippen LogP contribution in [0.5, 0.6) is 0 Å². The minimum atomic E-state index is -0.495. The summed E-state index contributed by atoms with van der Waals surface area (Å²) in [4.78, 5) is 37.2. The minimum absolute atomic E-state index is 0.0275. The van der Waals surface area contributed by atoms with Crippen LogP contribution in [0.4, 0.5) is 0 Å². The smallest absolute Gasteiger partial charge is 0.263 e. The maximum absolute atomic E-state index is 12.7. The third-order valence-corrected chi connectivity index (χ3v) is 4.37. The van der Waals surface area contributed by atoms with Crippen molar-refractivity contribution in [2.24, 2.45) is 0 Å². The number of aromatic nitrogens is 1. The van der Waals surface area contributed by atoms with Crippen molar-refractivity contribution in [2.45, 2.75) is 39.3 Å². The number of carbonyl (C=O) groups excluding carboxylic acids is 2. The van der Waals surface area contributed by atoms with Gasteiger partial charge in [-0.1, -0.05) is 29.3 Å². The van der Waals surface area contributed by atoms with E-state index < -0.39 is 11.5 Å². The molecule has 0 unspecified atom stereocenters. The van der Waals surface area contributed by atoms with E-state index in [-0.39, 0.29) is 17.5 Å². The summed E-state index contributed by atoms with van der Waals surface area (Å²) in [6.45, 7) is 4.29. The summed E-state index contributed by atoms with van der Waals surface area (Å²) >= 11 is 0.